The molecule has 130 valence electrons. The van der Waals surface area contributed by atoms with Gasteiger partial charge in [0, 0.05) is 37.6 Å². The Balaban J connectivity index is 2.14. The Hall–Kier alpha value is -1.40. The van der Waals surface area contributed by atoms with Crippen LogP contribution in [0.1, 0.15) is 47.9 Å². The van der Waals surface area contributed by atoms with E-state index in [-0.39, 0.29) is 5.91 Å². The lowest BCUT2D eigenvalue weighted by atomic mass is 10.0. The van der Waals surface area contributed by atoms with Gasteiger partial charge in [0.2, 0.25) is 0 Å². The van der Waals surface area contributed by atoms with E-state index in [1.165, 1.54) is 0 Å². The van der Waals surface area contributed by atoms with E-state index in [1.54, 1.807) is 7.11 Å². The number of amides is 1. The molecule has 6 heteroatoms. The standard InChI is InChI=1S/C17H30N4O2/c1-5-15-13(2)16(19-18-15)17(22)21(9-6-12-23-4)14-7-10-20(3)11-8-14/h14H,5-12H2,1-4H3,(H,18,19). The molecule has 1 saturated heterocycles. The maximum Gasteiger partial charge on any atom is 0.274 e. The van der Waals surface area contributed by atoms with E-state index in [0.717, 1.165) is 56.6 Å². The summed E-state index contributed by atoms with van der Waals surface area (Å²) in [4.78, 5) is 17.4. The number of carbonyl (C=O) groups is 1. The molecule has 1 aromatic heterocycles. The number of rotatable bonds is 7. The molecule has 2 rings (SSSR count). The monoisotopic (exact) mass is 322 g/mol. The van der Waals surface area contributed by atoms with Crippen LogP contribution in [0.25, 0.3) is 0 Å². The molecule has 1 N–H and O–H groups in total. The fraction of sp³-hybridized carbons (Fsp3) is 0.765. The molecule has 0 saturated carbocycles. The van der Waals surface area contributed by atoms with Gasteiger partial charge in [-0.25, -0.2) is 0 Å². The van der Waals surface area contributed by atoms with Crippen LogP contribution in [0.4, 0.5) is 0 Å². The van der Waals surface area contributed by atoms with Gasteiger partial charge < -0.3 is 14.5 Å². The molecule has 23 heavy (non-hydrogen) atoms. The summed E-state index contributed by atoms with van der Waals surface area (Å²) in [7, 11) is 3.84. The zero-order valence-corrected chi connectivity index (χ0v) is 14.9. The van der Waals surface area contributed by atoms with E-state index in [0.29, 0.717) is 18.3 Å². The van der Waals surface area contributed by atoms with Gasteiger partial charge in [0.15, 0.2) is 5.69 Å². The number of aromatic amines is 1. The number of H-pyrrole nitrogens is 1. The van der Waals surface area contributed by atoms with Crippen LogP contribution >= 0.6 is 0 Å². The lowest BCUT2D eigenvalue weighted by molar-refractivity contribution is 0.0557. The number of hydrogen-bond donors (Lipinski definition) is 1. The molecule has 0 unspecified atom stereocenters. The maximum absolute atomic E-state index is 13.1. The van der Waals surface area contributed by atoms with Crippen molar-refractivity contribution in [1.29, 1.82) is 0 Å². The molecule has 0 aliphatic carbocycles. The summed E-state index contributed by atoms with van der Waals surface area (Å²) in [5.41, 5.74) is 2.62. The fourth-order valence-electron chi connectivity index (χ4n) is 3.26. The first-order valence-electron chi connectivity index (χ1n) is 8.60. The van der Waals surface area contributed by atoms with Crippen molar-refractivity contribution in [3.8, 4) is 0 Å². The Bertz CT molecular complexity index is 507. The van der Waals surface area contributed by atoms with Crippen LogP contribution in [0, 0.1) is 6.92 Å². The van der Waals surface area contributed by atoms with E-state index in [1.807, 2.05) is 11.8 Å². The molecule has 1 aromatic rings. The average Bonchev–Trinajstić information content (AvgIpc) is 2.93. The predicted molar refractivity (Wildman–Crippen MR) is 90.8 cm³/mol. The Labute approximate surface area is 139 Å². The summed E-state index contributed by atoms with van der Waals surface area (Å²) in [6.45, 7) is 7.54. The van der Waals surface area contributed by atoms with E-state index >= 15 is 0 Å². The van der Waals surface area contributed by atoms with Gasteiger partial charge in [-0.2, -0.15) is 5.10 Å². The van der Waals surface area contributed by atoms with Gasteiger partial charge in [0.25, 0.3) is 5.91 Å². The van der Waals surface area contributed by atoms with Crippen LogP contribution in [-0.4, -0.2) is 72.3 Å². The highest BCUT2D eigenvalue weighted by molar-refractivity contribution is 5.94. The minimum atomic E-state index is 0.0594. The molecule has 0 radical (unpaired) electrons. The quantitative estimate of drug-likeness (QED) is 0.778. The first-order valence-corrected chi connectivity index (χ1v) is 8.60. The van der Waals surface area contributed by atoms with Crippen LogP contribution < -0.4 is 0 Å². The first-order chi connectivity index (χ1) is 11.1. The van der Waals surface area contributed by atoms with Gasteiger partial charge in [-0.15, -0.1) is 0 Å². The third kappa shape index (κ3) is 4.32. The molecule has 0 bridgehead atoms. The van der Waals surface area contributed by atoms with Crippen molar-refractivity contribution in [3.63, 3.8) is 0 Å². The van der Waals surface area contributed by atoms with Crippen molar-refractivity contribution in [2.75, 3.05) is 40.4 Å². The molecule has 0 spiro atoms. The molecule has 1 aliphatic rings. The molecule has 2 heterocycles. The van der Waals surface area contributed by atoms with Crippen molar-refractivity contribution < 1.29 is 9.53 Å². The second kappa shape index (κ2) is 8.45. The molecule has 1 fully saturated rings. The lowest BCUT2D eigenvalue weighted by Gasteiger charge is -2.37. The van der Waals surface area contributed by atoms with Gasteiger partial charge in [0.05, 0.1) is 0 Å². The highest BCUT2D eigenvalue weighted by atomic mass is 16.5. The topological polar surface area (TPSA) is 61.5 Å². The highest BCUT2D eigenvalue weighted by Crippen LogP contribution is 2.20. The maximum atomic E-state index is 13.1. The van der Waals surface area contributed by atoms with Crippen molar-refractivity contribution in [2.24, 2.45) is 0 Å². The van der Waals surface area contributed by atoms with Crippen LogP contribution in [0.15, 0.2) is 0 Å². The Kier molecular flexibility index (Phi) is 6.59. The fourth-order valence-corrected chi connectivity index (χ4v) is 3.26. The second-order valence-corrected chi connectivity index (χ2v) is 6.41. The third-order valence-corrected chi connectivity index (χ3v) is 4.80. The van der Waals surface area contributed by atoms with Crippen LogP contribution in [0.2, 0.25) is 0 Å². The lowest BCUT2D eigenvalue weighted by Crippen LogP contribution is -2.47. The number of aromatic nitrogens is 2. The summed E-state index contributed by atoms with van der Waals surface area (Å²) in [6.07, 6.45) is 3.78. The molecular formula is C17H30N4O2. The van der Waals surface area contributed by atoms with Crippen LogP contribution in [0.3, 0.4) is 0 Å². The van der Waals surface area contributed by atoms with E-state index < -0.39 is 0 Å². The number of aryl methyl sites for hydroxylation is 1. The smallest absolute Gasteiger partial charge is 0.274 e. The third-order valence-electron chi connectivity index (χ3n) is 4.80. The first kappa shape index (κ1) is 17.9. The van der Waals surface area contributed by atoms with Crippen LogP contribution in [0.5, 0.6) is 0 Å². The average molecular weight is 322 g/mol. The molecule has 0 atom stereocenters. The largest absolute Gasteiger partial charge is 0.385 e. The van der Waals surface area contributed by atoms with Crippen molar-refractivity contribution in [2.45, 2.75) is 45.6 Å². The van der Waals surface area contributed by atoms with E-state index in [2.05, 4.69) is 29.1 Å². The summed E-state index contributed by atoms with van der Waals surface area (Å²) >= 11 is 0. The molecule has 6 nitrogen and oxygen atoms in total. The number of nitrogens with zero attached hydrogens (tertiary/aromatic N) is 3. The van der Waals surface area contributed by atoms with Gasteiger partial charge >= 0.3 is 0 Å². The minimum absolute atomic E-state index is 0.0594. The minimum Gasteiger partial charge on any atom is -0.385 e. The number of likely N-dealkylation sites (tertiary alicyclic amines) is 1. The van der Waals surface area contributed by atoms with Crippen molar-refractivity contribution >= 4 is 5.91 Å². The zero-order valence-electron chi connectivity index (χ0n) is 14.9. The number of piperidine rings is 1. The van der Waals surface area contributed by atoms with E-state index in [9.17, 15) is 4.79 Å². The summed E-state index contributed by atoms with van der Waals surface area (Å²) < 4.78 is 5.16. The highest BCUT2D eigenvalue weighted by Gasteiger charge is 2.29. The number of hydrogen-bond acceptors (Lipinski definition) is 4. The molecule has 0 aromatic carbocycles. The van der Waals surface area contributed by atoms with E-state index in [4.69, 9.17) is 4.74 Å². The SMILES string of the molecule is CCc1[nH]nc(C(=O)N(CCCOC)C2CCN(C)CC2)c1C. The number of ether oxygens (including phenoxy) is 1. The predicted octanol–water partition coefficient (Wildman–Crippen LogP) is 1.85. The van der Waals surface area contributed by atoms with Crippen LogP contribution in [-0.2, 0) is 11.2 Å². The van der Waals surface area contributed by atoms with Gasteiger partial charge in [-0.05, 0) is 52.7 Å². The zero-order chi connectivity index (χ0) is 16.8. The normalized spacial score (nSPS) is 16.7. The Morgan fingerprint density at radius 3 is 2.70 bits per heavy atom. The second-order valence-electron chi connectivity index (χ2n) is 6.41. The summed E-state index contributed by atoms with van der Waals surface area (Å²) in [6, 6.07) is 0.303. The molecular weight excluding hydrogens is 292 g/mol. The number of carbonyl (C=O) groups excluding carboxylic acids is 1. The number of methoxy groups -OCH3 is 1. The molecule has 1 amide bonds. The van der Waals surface area contributed by atoms with Crippen molar-refractivity contribution in [3.05, 3.63) is 17.0 Å². The van der Waals surface area contributed by atoms with Gasteiger partial charge in [-0.1, -0.05) is 6.92 Å². The van der Waals surface area contributed by atoms with Crippen molar-refractivity contribution in [1.82, 2.24) is 20.0 Å². The Morgan fingerprint density at radius 1 is 1.43 bits per heavy atom. The molecule has 1 aliphatic heterocycles. The van der Waals surface area contributed by atoms with Gasteiger partial charge in [-0.3, -0.25) is 9.89 Å². The van der Waals surface area contributed by atoms with Gasteiger partial charge in [0.1, 0.15) is 0 Å². The summed E-state index contributed by atoms with van der Waals surface area (Å²) in [5, 5.41) is 7.29. The Morgan fingerprint density at radius 2 is 2.13 bits per heavy atom. The number of nitrogens with one attached hydrogen (secondary N) is 1. The summed E-state index contributed by atoms with van der Waals surface area (Å²) in [5.74, 6) is 0.0594.